The van der Waals surface area contributed by atoms with Crippen molar-refractivity contribution >= 4 is 51.4 Å². The number of carbonyl (C=O) groups is 1. The molecule has 2 rings (SSSR count). The zero-order chi connectivity index (χ0) is 15.2. The summed E-state index contributed by atoms with van der Waals surface area (Å²) >= 11 is 12.4. The van der Waals surface area contributed by atoms with Gasteiger partial charge >= 0.3 is 0 Å². The maximum atomic E-state index is 12.0. The van der Waals surface area contributed by atoms with Crippen LogP contribution in [0.25, 0.3) is 0 Å². The lowest BCUT2D eigenvalue weighted by Gasteiger charge is -2.07. The molecule has 0 aliphatic rings. The average molecular weight is 336 g/mol. The maximum absolute atomic E-state index is 12.0. The topological polar surface area (TPSA) is 29.1 Å². The highest BCUT2D eigenvalue weighted by Crippen LogP contribution is 2.15. The number of Topliss-reactive ketones (excluding diaryl/α,β-unsaturated/α-hetero) is 1. The van der Waals surface area contributed by atoms with Gasteiger partial charge in [0.1, 0.15) is 4.32 Å². The molecule has 108 valence electrons. The number of ketones is 1. The Labute approximate surface area is 138 Å². The normalized spacial score (nSPS) is 10.2. The number of rotatable bonds is 4. The third kappa shape index (κ3) is 5.16. The van der Waals surface area contributed by atoms with Gasteiger partial charge in [-0.25, -0.2) is 0 Å². The molecule has 0 saturated heterocycles. The van der Waals surface area contributed by atoms with Crippen LogP contribution in [0.4, 0.5) is 5.69 Å². The Morgan fingerprint density at radius 2 is 1.76 bits per heavy atom. The SMILES string of the molecule is Cc1ccc(NC(=S)SCC(=O)c2ccc(Cl)cc2)cc1. The van der Waals surface area contributed by atoms with E-state index >= 15 is 0 Å². The van der Waals surface area contributed by atoms with Gasteiger partial charge in [0.05, 0.1) is 5.75 Å². The lowest BCUT2D eigenvalue weighted by atomic mass is 10.1. The monoisotopic (exact) mass is 335 g/mol. The van der Waals surface area contributed by atoms with Crippen molar-refractivity contribution in [3.8, 4) is 0 Å². The lowest BCUT2D eigenvalue weighted by molar-refractivity contribution is 0.102. The number of thiocarbonyl (C=S) groups is 1. The van der Waals surface area contributed by atoms with Crippen LogP contribution in [0.3, 0.4) is 0 Å². The second-order valence-electron chi connectivity index (χ2n) is 4.50. The Kier molecular flexibility index (Phi) is 5.79. The van der Waals surface area contributed by atoms with Crippen LogP contribution in [0.1, 0.15) is 15.9 Å². The first kappa shape index (κ1) is 16.0. The van der Waals surface area contributed by atoms with Crippen molar-refractivity contribution in [2.75, 3.05) is 11.1 Å². The highest BCUT2D eigenvalue weighted by Gasteiger charge is 2.08. The smallest absolute Gasteiger partial charge is 0.173 e. The van der Waals surface area contributed by atoms with Gasteiger partial charge in [-0.05, 0) is 43.3 Å². The minimum Gasteiger partial charge on any atom is -0.341 e. The number of thioether (sulfide) groups is 1. The molecule has 0 aliphatic carbocycles. The van der Waals surface area contributed by atoms with Crippen molar-refractivity contribution in [2.45, 2.75) is 6.92 Å². The molecule has 0 bridgehead atoms. The quantitative estimate of drug-likeness (QED) is 0.631. The fraction of sp³-hybridized carbons (Fsp3) is 0.125. The number of halogens is 1. The molecule has 2 aromatic carbocycles. The summed E-state index contributed by atoms with van der Waals surface area (Å²) in [6.45, 7) is 2.03. The van der Waals surface area contributed by atoms with Crippen LogP contribution in [-0.2, 0) is 0 Å². The van der Waals surface area contributed by atoms with Crippen LogP contribution < -0.4 is 5.32 Å². The number of nitrogens with one attached hydrogen (secondary N) is 1. The van der Waals surface area contributed by atoms with Crippen LogP contribution in [-0.4, -0.2) is 15.9 Å². The summed E-state index contributed by atoms with van der Waals surface area (Å²) < 4.78 is 0.584. The van der Waals surface area contributed by atoms with E-state index in [1.54, 1.807) is 24.3 Å². The molecule has 0 radical (unpaired) electrons. The number of hydrogen-bond acceptors (Lipinski definition) is 3. The summed E-state index contributed by atoms with van der Waals surface area (Å²) in [4.78, 5) is 12.0. The third-order valence-corrected chi connectivity index (χ3v) is 4.28. The fourth-order valence-corrected chi connectivity index (χ4v) is 2.68. The molecule has 0 aromatic heterocycles. The summed E-state index contributed by atoms with van der Waals surface area (Å²) in [5, 5.41) is 3.73. The van der Waals surface area contributed by atoms with Gasteiger partial charge in [-0.2, -0.15) is 0 Å². The Morgan fingerprint density at radius 1 is 1.14 bits per heavy atom. The van der Waals surface area contributed by atoms with E-state index in [1.165, 1.54) is 17.3 Å². The van der Waals surface area contributed by atoms with Gasteiger partial charge in [0.25, 0.3) is 0 Å². The van der Waals surface area contributed by atoms with Gasteiger partial charge < -0.3 is 5.32 Å². The van der Waals surface area contributed by atoms with Gasteiger partial charge in [0.2, 0.25) is 0 Å². The van der Waals surface area contributed by atoms with Crippen LogP contribution >= 0.6 is 35.6 Å². The second-order valence-corrected chi connectivity index (χ2v) is 6.59. The molecular weight excluding hydrogens is 322 g/mol. The average Bonchev–Trinajstić information content (AvgIpc) is 2.48. The van der Waals surface area contributed by atoms with Crippen LogP contribution in [0.15, 0.2) is 48.5 Å². The molecule has 5 heteroatoms. The molecule has 2 nitrogen and oxygen atoms in total. The van der Waals surface area contributed by atoms with Crippen molar-refractivity contribution < 1.29 is 4.79 Å². The molecule has 2 aromatic rings. The van der Waals surface area contributed by atoms with E-state index in [4.69, 9.17) is 23.8 Å². The first-order chi connectivity index (χ1) is 10.0. The minimum atomic E-state index is 0.0322. The zero-order valence-corrected chi connectivity index (χ0v) is 13.8. The highest BCUT2D eigenvalue weighted by molar-refractivity contribution is 8.23. The maximum Gasteiger partial charge on any atom is 0.173 e. The molecule has 0 amide bonds. The number of anilines is 1. The Balaban J connectivity index is 1.84. The van der Waals surface area contributed by atoms with E-state index < -0.39 is 0 Å². The highest BCUT2D eigenvalue weighted by atomic mass is 35.5. The van der Waals surface area contributed by atoms with Crippen LogP contribution in [0.5, 0.6) is 0 Å². The number of benzene rings is 2. The van der Waals surface area contributed by atoms with E-state index in [9.17, 15) is 4.79 Å². The Morgan fingerprint density at radius 3 is 2.38 bits per heavy atom. The lowest BCUT2D eigenvalue weighted by Crippen LogP contribution is -2.09. The zero-order valence-electron chi connectivity index (χ0n) is 11.4. The molecule has 21 heavy (non-hydrogen) atoms. The largest absolute Gasteiger partial charge is 0.341 e. The first-order valence-corrected chi connectivity index (χ1v) is 8.11. The van der Waals surface area contributed by atoms with Gasteiger partial charge in [0.15, 0.2) is 5.78 Å². The Bertz CT molecular complexity index is 638. The summed E-state index contributed by atoms with van der Waals surface area (Å²) in [6.07, 6.45) is 0. The summed E-state index contributed by atoms with van der Waals surface area (Å²) in [5.41, 5.74) is 2.76. The van der Waals surface area contributed by atoms with Gasteiger partial charge in [-0.15, -0.1) is 0 Å². The van der Waals surface area contributed by atoms with Crippen molar-refractivity contribution in [3.63, 3.8) is 0 Å². The van der Waals surface area contributed by atoms with E-state index in [1.807, 2.05) is 31.2 Å². The molecule has 0 heterocycles. The number of carbonyl (C=O) groups excluding carboxylic acids is 1. The second kappa shape index (κ2) is 7.59. The molecule has 0 atom stereocenters. The van der Waals surface area contributed by atoms with Crippen molar-refractivity contribution in [3.05, 3.63) is 64.7 Å². The van der Waals surface area contributed by atoms with E-state index in [-0.39, 0.29) is 5.78 Å². The number of aryl methyl sites for hydroxylation is 1. The molecule has 1 N–H and O–H groups in total. The van der Waals surface area contributed by atoms with Crippen LogP contribution in [0, 0.1) is 6.92 Å². The third-order valence-electron chi connectivity index (χ3n) is 2.80. The molecular formula is C16H14ClNOS2. The van der Waals surface area contributed by atoms with E-state index in [2.05, 4.69) is 5.32 Å². The molecule has 0 aliphatic heterocycles. The molecule has 0 spiro atoms. The van der Waals surface area contributed by atoms with Crippen LogP contribution in [0.2, 0.25) is 5.02 Å². The van der Waals surface area contributed by atoms with E-state index in [0.717, 1.165) is 5.69 Å². The summed E-state index contributed by atoms with van der Waals surface area (Å²) in [7, 11) is 0. The van der Waals surface area contributed by atoms with Crippen molar-refractivity contribution in [1.82, 2.24) is 0 Å². The summed E-state index contributed by atoms with van der Waals surface area (Å²) in [5.74, 6) is 0.337. The molecule has 0 saturated carbocycles. The van der Waals surface area contributed by atoms with E-state index in [0.29, 0.717) is 20.7 Å². The minimum absolute atomic E-state index is 0.0322. The summed E-state index contributed by atoms with van der Waals surface area (Å²) in [6, 6.07) is 14.8. The first-order valence-electron chi connectivity index (χ1n) is 6.34. The van der Waals surface area contributed by atoms with Gasteiger partial charge in [-0.3, -0.25) is 4.79 Å². The van der Waals surface area contributed by atoms with Gasteiger partial charge in [0, 0.05) is 16.3 Å². The molecule has 0 unspecified atom stereocenters. The van der Waals surface area contributed by atoms with Crippen molar-refractivity contribution in [1.29, 1.82) is 0 Å². The standard InChI is InChI=1S/C16H14ClNOS2/c1-11-2-8-14(9-3-11)18-16(20)21-10-15(19)12-4-6-13(17)7-5-12/h2-9H,10H2,1H3,(H,18,20). The number of hydrogen-bond donors (Lipinski definition) is 1. The molecule has 0 fully saturated rings. The predicted octanol–water partition coefficient (Wildman–Crippen LogP) is 4.96. The van der Waals surface area contributed by atoms with Gasteiger partial charge in [-0.1, -0.05) is 53.3 Å². The van der Waals surface area contributed by atoms with Crippen molar-refractivity contribution in [2.24, 2.45) is 0 Å². The fourth-order valence-electron chi connectivity index (χ4n) is 1.64. The Hall–Kier alpha value is -1.36. The predicted molar refractivity (Wildman–Crippen MR) is 95.6 cm³/mol.